The van der Waals surface area contributed by atoms with Crippen LogP contribution in [0.4, 0.5) is 5.95 Å². The maximum Gasteiger partial charge on any atom is 0.225 e. The molecule has 0 aliphatic carbocycles. The van der Waals surface area contributed by atoms with Gasteiger partial charge in [-0.3, -0.25) is 0 Å². The maximum atomic E-state index is 4.79. The Hall–Kier alpha value is -1.20. The molecule has 1 spiro atoms. The summed E-state index contributed by atoms with van der Waals surface area (Å²) < 4.78 is 0. The molecular weight excluding hydrogens is 238 g/mol. The van der Waals surface area contributed by atoms with Crippen LogP contribution >= 0.6 is 0 Å². The third-order valence-corrected chi connectivity index (χ3v) is 4.66. The number of nitrogens with zero attached hydrogens (tertiary/aromatic N) is 5. The number of anilines is 1. The van der Waals surface area contributed by atoms with Crippen molar-refractivity contribution in [1.82, 2.24) is 19.8 Å². The SMILES string of the molecule is CN1CCc2nc(N3CC4(CN(C)C4)C3)ncc2C1. The van der Waals surface area contributed by atoms with E-state index in [0.717, 1.165) is 38.5 Å². The number of hydrogen-bond acceptors (Lipinski definition) is 5. The fourth-order valence-electron chi connectivity index (χ4n) is 3.80. The summed E-state index contributed by atoms with van der Waals surface area (Å²) in [5, 5.41) is 0. The van der Waals surface area contributed by atoms with E-state index in [1.807, 2.05) is 6.20 Å². The van der Waals surface area contributed by atoms with Crippen LogP contribution in [0.1, 0.15) is 11.3 Å². The Morgan fingerprint density at radius 2 is 1.89 bits per heavy atom. The molecule has 2 saturated heterocycles. The minimum atomic E-state index is 0.550. The Balaban J connectivity index is 1.48. The van der Waals surface area contributed by atoms with Gasteiger partial charge >= 0.3 is 0 Å². The van der Waals surface area contributed by atoms with Crippen molar-refractivity contribution in [2.75, 3.05) is 51.7 Å². The lowest BCUT2D eigenvalue weighted by Crippen LogP contribution is -2.71. The average Bonchev–Trinajstić information content (AvgIpc) is 2.31. The van der Waals surface area contributed by atoms with Crippen molar-refractivity contribution in [2.45, 2.75) is 13.0 Å². The van der Waals surface area contributed by atoms with Crippen molar-refractivity contribution in [3.63, 3.8) is 0 Å². The molecule has 0 N–H and O–H groups in total. The van der Waals surface area contributed by atoms with Gasteiger partial charge in [0.25, 0.3) is 0 Å². The molecule has 0 amide bonds. The summed E-state index contributed by atoms with van der Waals surface area (Å²) in [4.78, 5) is 16.4. The molecule has 0 unspecified atom stereocenters. The van der Waals surface area contributed by atoms with Crippen LogP contribution in [0.25, 0.3) is 0 Å². The summed E-state index contributed by atoms with van der Waals surface area (Å²) in [5.41, 5.74) is 3.11. The molecule has 0 atom stereocenters. The highest BCUT2D eigenvalue weighted by molar-refractivity contribution is 5.40. The lowest BCUT2D eigenvalue weighted by Gasteiger charge is -2.59. The minimum Gasteiger partial charge on any atom is -0.339 e. The minimum absolute atomic E-state index is 0.550. The highest BCUT2D eigenvalue weighted by Gasteiger charge is 2.51. The summed E-state index contributed by atoms with van der Waals surface area (Å²) in [6.07, 6.45) is 3.09. The van der Waals surface area contributed by atoms with Gasteiger partial charge in [0, 0.05) is 62.9 Å². The van der Waals surface area contributed by atoms with Gasteiger partial charge < -0.3 is 14.7 Å². The second-order valence-electron chi connectivity index (χ2n) is 6.66. The monoisotopic (exact) mass is 259 g/mol. The first-order valence-corrected chi connectivity index (χ1v) is 7.10. The molecular formula is C14H21N5. The average molecular weight is 259 g/mol. The van der Waals surface area contributed by atoms with Gasteiger partial charge in [-0.25, -0.2) is 9.97 Å². The number of rotatable bonds is 1. The van der Waals surface area contributed by atoms with Crippen LogP contribution in [0.5, 0.6) is 0 Å². The highest BCUT2D eigenvalue weighted by atomic mass is 15.4. The van der Waals surface area contributed by atoms with E-state index in [0.29, 0.717) is 5.41 Å². The number of aromatic nitrogens is 2. The quantitative estimate of drug-likeness (QED) is 0.721. The molecule has 4 rings (SSSR count). The molecule has 3 aliphatic rings. The Kier molecular flexibility index (Phi) is 2.38. The van der Waals surface area contributed by atoms with Crippen molar-refractivity contribution in [1.29, 1.82) is 0 Å². The van der Waals surface area contributed by atoms with E-state index in [2.05, 4.69) is 33.8 Å². The van der Waals surface area contributed by atoms with Crippen molar-refractivity contribution in [2.24, 2.45) is 5.41 Å². The van der Waals surface area contributed by atoms with E-state index in [1.165, 1.54) is 24.3 Å². The van der Waals surface area contributed by atoms with E-state index < -0.39 is 0 Å². The van der Waals surface area contributed by atoms with E-state index in [4.69, 9.17) is 4.98 Å². The Bertz CT molecular complexity index is 501. The molecule has 102 valence electrons. The molecule has 1 aromatic heterocycles. The second-order valence-corrected chi connectivity index (χ2v) is 6.66. The van der Waals surface area contributed by atoms with Gasteiger partial charge in [0.05, 0.1) is 5.69 Å². The van der Waals surface area contributed by atoms with Crippen LogP contribution in [0.3, 0.4) is 0 Å². The molecule has 3 aliphatic heterocycles. The summed E-state index contributed by atoms with van der Waals surface area (Å²) >= 11 is 0. The molecule has 0 aromatic carbocycles. The molecule has 1 aromatic rings. The highest BCUT2D eigenvalue weighted by Crippen LogP contribution is 2.40. The fourth-order valence-corrected chi connectivity index (χ4v) is 3.80. The van der Waals surface area contributed by atoms with E-state index in [1.54, 1.807) is 0 Å². The van der Waals surface area contributed by atoms with Crippen LogP contribution in [-0.4, -0.2) is 66.6 Å². The Morgan fingerprint density at radius 3 is 2.63 bits per heavy atom. The van der Waals surface area contributed by atoms with Gasteiger partial charge in [0.1, 0.15) is 0 Å². The van der Waals surface area contributed by atoms with Gasteiger partial charge in [-0.15, -0.1) is 0 Å². The summed E-state index contributed by atoms with van der Waals surface area (Å²) in [7, 11) is 4.35. The van der Waals surface area contributed by atoms with Crippen LogP contribution in [0.2, 0.25) is 0 Å². The zero-order valence-corrected chi connectivity index (χ0v) is 11.8. The van der Waals surface area contributed by atoms with Gasteiger partial charge in [-0.05, 0) is 14.1 Å². The molecule has 4 heterocycles. The third-order valence-electron chi connectivity index (χ3n) is 4.66. The van der Waals surface area contributed by atoms with Gasteiger partial charge in [-0.2, -0.15) is 0 Å². The zero-order valence-electron chi connectivity index (χ0n) is 11.8. The predicted molar refractivity (Wildman–Crippen MR) is 74.2 cm³/mol. The largest absolute Gasteiger partial charge is 0.339 e. The van der Waals surface area contributed by atoms with Crippen LogP contribution in [-0.2, 0) is 13.0 Å². The van der Waals surface area contributed by atoms with Gasteiger partial charge in [-0.1, -0.05) is 0 Å². The van der Waals surface area contributed by atoms with Crippen molar-refractivity contribution in [3.8, 4) is 0 Å². The van der Waals surface area contributed by atoms with E-state index in [-0.39, 0.29) is 0 Å². The van der Waals surface area contributed by atoms with Crippen LogP contribution in [0.15, 0.2) is 6.20 Å². The van der Waals surface area contributed by atoms with Gasteiger partial charge in [0.2, 0.25) is 5.95 Å². The smallest absolute Gasteiger partial charge is 0.225 e. The van der Waals surface area contributed by atoms with E-state index >= 15 is 0 Å². The number of likely N-dealkylation sites (N-methyl/N-ethyl adjacent to an activating group) is 1. The van der Waals surface area contributed by atoms with Crippen molar-refractivity contribution >= 4 is 5.95 Å². The lowest BCUT2D eigenvalue weighted by atomic mass is 9.73. The molecule has 5 heteroatoms. The number of hydrogen-bond donors (Lipinski definition) is 0. The first-order chi connectivity index (χ1) is 9.13. The maximum absolute atomic E-state index is 4.79. The molecule has 0 saturated carbocycles. The van der Waals surface area contributed by atoms with Crippen molar-refractivity contribution < 1.29 is 0 Å². The standard InChI is InChI=1S/C14H21N5/c1-17-4-3-12-11(6-17)5-15-13(16-12)19-9-14(10-19)7-18(2)8-14/h5H,3-4,6-10H2,1-2H3. The third kappa shape index (κ3) is 1.83. The number of fused-ring (bicyclic) bond motifs is 1. The Morgan fingerprint density at radius 1 is 1.11 bits per heavy atom. The molecule has 19 heavy (non-hydrogen) atoms. The fraction of sp³-hybridized carbons (Fsp3) is 0.714. The summed E-state index contributed by atoms with van der Waals surface area (Å²) in [6, 6.07) is 0. The van der Waals surface area contributed by atoms with E-state index in [9.17, 15) is 0 Å². The van der Waals surface area contributed by atoms with Crippen LogP contribution < -0.4 is 4.90 Å². The molecule has 0 radical (unpaired) electrons. The zero-order chi connectivity index (χ0) is 13.0. The first kappa shape index (κ1) is 11.6. The molecule has 5 nitrogen and oxygen atoms in total. The van der Waals surface area contributed by atoms with Crippen molar-refractivity contribution in [3.05, 3.63) is 17.5 Å². The summed E-state index contributed by atoms with van der Waals surface area (Å²) in [5.74, 6) is 0.948. The normalized spacial score (nSPS) is 25.9. The predicted octanol–water partition coefficient (Wildman–Crippen LogP) is 0.216. The molecule has 2 fully saturated rings. The Labute approximate surface area is 114 Å². The van der Waals surface area contributed by atoms with Gasteiger partial charge in [0.15, 0.2) is 0 Å². The van der Waals surface area contributed by atoms with Crippen LogP contribution in [0, 0.1) is 5.41 Å². The first-order valence-electron chi connectivity index (χ1n) is 7.10. The lowest BCUT2D eigenvalue weighted by molar-refractivity contribution is -0.00327. The summed E-state index contributed by atoms with van der Waals surface area (Å²) in [6.45, 7) is 6.84. The number of likely N-dealkylation sites (tertiary alicyclic amines) is 1. The second kappa shape index (κ2) is 3.90. The molecule has 0 bridgehead atoms. The topological polar surface area (TPSA) is 35.5 Å².